The van der Waals surface area contributed by atoms with Gasteiger partial charge < -0.3 is 9.64 Å². The smallest absolute Gasteiger partial charge is 0.101 e. The lowest BCUT2D eigenvalue weighted by Crippen LogP contribution is -2.54. The maximum atomic E-state index is 6.59. The van der Waals surface area contributed by atoms with Crippen LogP contribution in [-0.2, 0) is 29.8 Å². The number of aryl methyl sites for hydroxylation is 2. The lowest BCUT2D eigenvalue weighted by molar-refractivity contribution is -0.149. The molecule has 3 aromatic rings. The van der Waals surface area contributed by atoms with E-state index in [1.807, 2.05) is 0 Å². The molecule has 1 aliphatic carbocycles. The zero-order valence-corrected chi connectivity index (χ0v) is 20.7. The molecule has 1 unspecified atom stereocenters. The van der Waals surface area contributed by atoms with Crippen molar-refractivity contribution >= 4 is 0 Å². The summed E-state index contributed by atoms with van der Waals surface area (Å²) < 4.78 is 6.59. The first-order valence-electron chi connectivity index (χ1n) is 13.3. The molecule has 0 bridgehead atoms. The Morgan fingerprint density at radius 2 is 1.32 bits per heavy atom. The molecule has 1 fully saturated rings. The van der Waals surface area contributed by atoms with E-state index in [0.29, 0.717) is 17.8 Å². The van der Waals surface area contributed by atoms with Crippen LogP contribution in [-0.4, -0.2) is 24.5 Å². The first-order valence-corrected chi connectivity index (χ1v) is 13.3. The van der Waals surface area contributed by atoms with E-state index in [-0.39, 0.29) is 5.60 Å². The Morgan fingerprint density at radius 3 is 1.97 bits per heavy atom. The highest BCUT2D eigenvalue weighted by Crippen LogP contribution is 2.50. The third-order valence-corrected chi connectivity index (χ3v) is 8.92. The zero-order chi connectivity index (χ0) is 23.1. The Balaban J connectivity index is 1.17. The minimum absolute atomic E-state index is 0.105. The van der Waals surface area contributed by atoms with E-state index in [9.17, 15) is 0 Å². The van der Waals surface area contributed by atoms with Crippen LogP contribution in [0.5, 0.6) is 0 Å². The molecule has 3 aliphatic rings. The molecular weight excluding hydrogens is 414 g/mol. The monoisotopic (exact) mass is 451 g/mol. The Morgan fingerprint density at radius 1 is 0.765 bits per heavy atom. The summed E-state index contributed by atoms with van der Waals surface area (Å²) in [6, 6.07) is 27.2. The van der Waals surface area contributed by atoms with Crippen LogP contribution in [0.1, 0.15) is 66.0 Å². The molecule has 0 amide bonds. The van der Waals surface area contributed by atoms with Gasteiger partial charge in [-0.3, -0.25) is 0 Å². The van der Waals surface area contributed by atoms with E-state index in [1.165, 1.54) is 30.5 Å². The summed E-state index contributed by atoms with van der Waals surface area (Å²) in [6.07, 6.45) is 4.78. The van der Waals surface area contributed by atoms with Crippen molar-refractivity contribution in [1.82, 2.24) is 4.90 Å². The van der Waals surface area contributed by atoms with Gasteiger partial charge in [0.15, 0.2) is 0 Å². The van der Waals surface area contributed by atoms with Crippen LogP contribution in [0.2, 0.25) is 0 Å². The molecule has 1 saturated heterocycles. The Kier molecular flexibility index (Phi) is 5.83. The average Bonchev–Trinajstić information content (AvgIpc) is 3.18. The number of hydrogen-bond acceptors (Lipinski definition) is 2. The molecule has 0 N–H and O–H groups in total. The molecule has 3 atom stereocenters. The highest BCUT2D eigenvalue weighted by atomic mass is 16.5. The van der Waals surface area contributed by atoms with Crippen LogP contribution in [0.3, 0.4) is 0 Å². The van der Waals surface area contributed by atoms with Crippen LogP contribution >= 0.6 is 0 Å². The summed E-state index contributed by atoms with van der Waals surface area (Å²) in [4.78, 5) is 2.71. The van der Waals surface area contributed by atoms with Gasteiger partial charge in [-0.25, -0.2) is 0 Å². The number of nitrogens with zero attached hydrogens (tertiary/aromatic N) is 1. The SMILES string of the molecule is C[C@@H]1CN(CCCC2c3ccccc3CCc3ccccc32)C[C@H](C)C12OCc1ccccc12. The van der Waals surface area contributed by atoms with Crippen molar-refractivity contribution in [1.29, 1.82) is 0 Å². The van der Waals surface area contributed by atoms with Crippen molar-refractivity contribution in [3.05, 3.63) is 106 Å². The molecule has 176 valence electrons. The van der Waals surface area contributed by atoms with Crippen LogP contribution in [0, 0.1) is 11.8 Å². The van der Waals surface area contributed by atoms with Crippen LogP contribution in [0.15, 0.2) is 72.8 Å². The van der Waals surface area contributed by atoms with Crippen molar-refractivity contribution in [2.75, 3.05) is 19.6 Å². The first-order chi connectivity index (χ1) is 16.7. The molecule has 2 nitrogen and oxygen atoms in total. The zero-order valence-electron chi connectivity index (χ0n) is 20.7. The Hall–Kier alpha value is -2.42. The summed E-state index contributed by atoms with van der Waals surface area (Å²) in [5.41, 5.74) is 8.93. The van der Waals surface area contributed by atoms with Gasteiger partial charge >= 0.3 is 0 Å². The minimum Gasteiger partial charge on any atom is -0.365 e. The molecule has 2 aliphatic heterocycles. The van der Waals surface area contributed by atoms with Gasteiger partial charge in [0.25, 0.3) is 0 Å². The number of hydrogen-bond donors (Lipinski definition) is 0. The average molecular weight is 452 g/mol. The maximum Gasteiger partial charge on any atom is 0.101 e. The van der Waals surface area contributed by atoms with Crippen LogP contribution < -0.4 is 0 Å². The highest BCUT2D eigenvalue weighted by Gasteiger charge is 2.51. The fourth-order valence-electron chi connectivity index (χ4n) is 7.38. The third kappa shape index (κ3) is 3.63. The second-order valence-electron chi connectivity index (χ2n) is 10.9. The number of ether oxygens (including phenoxy) is 1. The molecule has 0 saturated carbocycles. The van der Waals surface area contributed by atoms with E-state index in [2.05, 4.69) is 91.5 Å². The number of likely N-dealkylation sites (tertiary alicyclic amines) is 1. The molecule has 0 aromatic heterocycles. The van der Waals surface area contributed by atoms with Crippen molar-refractivity contribution in [2.24, 2.45) is 11.8 Å². The topological polar surface area (TPSA) is 12.5 Å². The van der Waals surface area contributed by atoms with Gasteiger partial charge in [-0.1, -0.05) is 86.6 Å². The third-order valence-electron chi connectivity index (χ3n) is 8.92. The van der Waals surface area contributed by atoms with E-state index in [4.69, 9.17) is 4.74 Å². The standard InChI is InChI=1S/C32H37NO/c1-23-20-33(21-24(2)32(23)31-16-8-5-12-27(31)22-34-32)19-9-15-30-28-13-6-3-10-25(28)17-18-26-11-4-7-14-29(26)30/h3-8,10-14,16,23-24,30H,9,15,17-22H2,1-2H3/t23-,24+,32?. The maximum absolute atomic E-state index is 6.59. The molecule has 0 radical (unpaired) electrons. The fraction of sp³-hybridized carbons (Fsp3) is 0.438. The van der Waals surface area contributed by atoms with Gasteiger partial charge in [-0.05, 0) is 65.6 Å². The first kappa shape index (κ1) is 22.1. The molecule has 2 heterocycles. The summed E-state index contributed by atoms with van der Waals surface area (Å²) in [7, 11) is 0. The fourth-order valence-corrected chi connectivity index (χ4v) is 7.38. The minimum atomic E-state index is -0.105. The molecule has 3 aromatic carbocycles. The number of benzene rings is 3. The Labute approximate surface area is 205 Å². The van der Waals surface area contributed by atoms with Gasteiger partial charge in [0.05, 0.1) is 6.61 Å². The van der Waals surface area contributed by atoms with E-state index >= 15 is 0 Å². The largest absolute Gasteiger partial charge is 0.365 e. The quantitative estimate of drug-likeness (QED) is 0.437. The van der Waals surface area contributed by atoms with E-state index in [1.54, 1.807) is 22.3 Å². The van der Waals surface area contributed by atoms with E-state index < -0.39 is 0 Å². The molecule has 34 heavy (non-hydrogen) atoms. The number of piperidine rings is 1. The summed E-state index contributed by atoms with van der Waals surface area (Å²) in [5, 5.41) is 0. The van der Waals surface area contributed by atoms with Crippen molar-refractivity contribution in [2.45, 2.75) is 57.7 Å². The molecule has 1 spiro atoms. The molecule has 2 heteroatoms. The van der Waals surface area contributed by atoms with Crippen molar-refractivity contribution < 1.29 is 4.74 Å². The predicted molar refractivity (Wildman–Crippen MR) is 139 cm³/mol. The summed E-state index contributed by atoms with van der Waals surface area (Å²) in [6.45, 7) is 9.00. The van der Waals surface area contributed by atoms with Gasteiger partial charge in [0.2, 0.25) is 0 Å². The number of rotatable bonds is 4. The normalized spacial score (nSPS) is 26.6. The van der Waals surface area contributed by atoms with Gasteiger partial charge in [0, 0.05) is 30.8 Å². The van der Waals surface area contributed by atoms with Gasteiger partial charge in [-0.15, -0.1) is 0 Å². The molecular formula is C32H37NO. The molecule has 6 rings (SSSR count). The Bertz CT molecular complexity index is 1110. The van der Waals surface area contributed by atoms with Gasteiger partial charge in [-0.2, -0.15) is 0 Å². The lowest BCUT2D eigenvalue weighted by Gasteiger charge is -2.49. The van der Waals surface area contributed by atoms with Crippen molar-refractivity contribution in [3.8, 4) is 0 Å². The predicted octanol–water partition coefficient (Wildman–Crippen LogP) is 6.71. The van der Waals surface area contributed by atoms with E-state index in [0.717, 1.165) is 32.5 Å². The second-order valence-corrected chi connectivity index (χ2v) is 10.9. The van der Waals surface area contributed by atoms with Gasteiger partial charge in [0.1, 0.15) is 5.60 Å². The second kappa shape index (κ2) is 8.98. The summed E-state index contributed by atoms with van der Waals surface area (Å²) >= 11 is 0. The highest BCUT2D eigenvalue weighted by molar-refractivity contribution is 5.45. The van der Waals surface area contributed by atoms with Crippen LogP contribution in [0.4, 0.5) is 0 Å². The summed E-state index contributed by atoms with van der Waals surface area (Å²) in [5.74, 6) is 1.52. The van der Waals surface area contributed by atoms with Crippen molar-refractivity contribution in [3.63, 3.8) is 0 Å². The van der Waals surface area contributed by atoms with Crippen LogP contribution in [0.25, 0.3) is 0 Å². The number of fused-ring (bicyclic) bond motifs is 4. The lowest BCUT2D eigenvalue weighted by atomic mass is 9.70.